The standard InChI is InChI=1S/C10H13N3/c1-3-8-12-9-6-4-5-7-10(9)13-11-2/h4-8H,3H2,1-2H3. The molecule has 0 aromatic heterocycles. The van der Waals surface area contributed by atoms with Crippen LogP contribution in [0.4, 0.5) is 11.4 Å². The van der Waals surface area contributed by atoms with Gasteiger partial charge in [0.25, 0.3) is 0 Å². The van der Waals surface area contributed by atoms with Crippen molar-refractivity contribution in [2.24, 2.45) is 15.2 Å². The average molecular weight is 175 g/mol. The molecule has 0 aliphatic rings. The SMILES string of the molecule is CCC=Nc1ccccc1N=NC. The molecule has 0 bridgehead atoms. The van der Waals surface area contributed by atoms with Gasteiger partial charge in [0.05, 0.1) is 5.69 Å². The van der Waals surface area contributed by atoms with Crippen LogP contribution < -0.4 is 0 Å². The predicted octanol–water partition coefficient (Wildman–Crippen LogP) is 3.51. The highest BCUT2D eigenvalue weighted by molar-refractivity contribution is 5.69. The van der Waals surface area contributed by atoms with E-state index >= 15 is 0 Å². The number of aliphatic imine (C=N–C) groups is 1. The molecule has 3 heteroatoms. The van der Waals surface area contributed by atoms with Crippen LogP contribution in [0.2, 0.25) is 0 Å². The monoisotopic (exact) mass is 175 g/mol. The number of rotatable bonds is 3. The third kappa shape index (κ3) is 2.78. The zero-order valence-corrected chi connectivity index (χ0v) is 7.94. The highest BCUT2D eigenvalue weighted by Gasteiger charge is 1.95. The lowest BCUT2D eigenvalue weighted by Crippen LogP contribution is -1.70. The molecule has 0 fully saturated rings. The summed E-state index contributed by atoms with van der Waals surface area (Å²) in [4.78, 5) is 4.26. The molecular formula is C10H13N3. The quantitative estimate of drug-likeness (QED) is 0.498. The van der Waals surface area contributed by atoms with Gasteiger partial charge in [0.1, 0.15) is 5.69 Å². The van der Waals surface area contributed by atoms with Crippen molar-refractivity contribution in [1.82, 2.24) is 0 Å². The van der Waals surface area contributed by atoms with Crippen LogP contribution in [0.3, 0.4) is 0 Å². The van der Waals surface area contributed by atoms with Crippen molar-refractivity contribution < 1.29 is 0 Å². The van der Waals surface area contributed by atoms with Crippen LogP contribution in [0.1, 0.15) is 13.3 Å². The van der Waals surface area contributed by atoms with Crippen LogP contribution in [0, 0.1) is 0 Å². The van der Waals surface area contributed by atoms with E-state index in [1.165, 1.54) is 0 Å². The van der Waals surface area contributed by atoms with Crippen LogP contribution in [0.25, 0.3) is 0 Å². The van der Waals surface area contributed by atoms with Gasteiger partial charge < -0.3 is 0 Å². The zero-order valence-electron chi connectivity index (χ0n) is 7.94. The molecule has 0 aliphatic heterocycles. The van der Waals surface area contributed by atoms with Gasteiger partial charge in [-0.15, -0.1) is 0 Å². The Morgan fingerprint density at radius 3 is 2.54 bits per heavy atom. The van der Waals surface area contributed by atoms with Gasteiger partial charge in [-0.3, -0.25) is 4.99 Å². The highest BCUT2D eigenvalue weighted by atomic mass is 15.1. The molecule has 0 amide bonds. The Balaban J connectivity index is 2.97. The number of benzene rings is 1. The molecule has 1 rings (SSSR count). The maximum atomic E-state index is 4.26. The summed E-state index contributed by atoms with van der Waals surface area (Å²) in [6, 6.07) is 7.69. The Hall–Kier alpha value is -1.51. The summed E-state index contributed by atoms with van der Waals surface area (Å²) < 4.78 is 0. The normalized spacial score (nSPS) is 11.5. The maximum Gasteiger partial charge on any atom is 0.111 e. The number of hydrogen-bond acceptors (Lipinski definition) is 3. The first kappa shape index (κ1) is 9.58. The molecule has 0 spiro atoms. The van der Waals surface area contributed by atoms with Crippen molar-refractivity contribution in [2.75, 3.05) is 7.05 Å². The van der Waals surface area contributed by atoms with E-state index in [1.54, 1.807) is 7.05 Å². The number of para-hydroxylation sites is 1. The molecule has 0 atom stereocenters. The fourth-order valence-corrected chi connectivity index (χ4v) is 0.955. The molecule has 0 N–H and O–H groups in total. The molecule has 0 saturated heterocycles. The van der Waals surface area contributed by atoms with Crippen molar-refractivity contribution >= 4 is 17.6 Å². The van der Waals surface area contributed by atoms with Crippen molar-refractivity contribution in [3.05, 3.63) is 24.3 Å². The molecule has 3 nitrogen and oxygen atoms in total. The van der Waals surface area contributed by atoms with E-state index in [0.29, 0.717) is 0 Å². The van der Waals surface area contributed by atoms with Crippen molar-refractivity contribution in [2.45, 2.75) is 13.3 Å². The van der Waals surface area contributed by atoms with E-state index in [2.05, 4.69) is 15.2 Å². The van der Waals surface area contributed by atoms with E-state index in [9.17, 15) is 0 Å². The molecular weight excluding hydrogens is 162 g/mol. The van der Waals surface area contributed by atoms with Gasteiger partial charge in [-0.1, -0.05) is 19.1 Å². The summed E-state index contributed by atoms with van der Waals surface area (Å²) in [6.07, 6.45) is 2.79. The highest BCUT2D eigenvalue weighted by Crippen LogP contribution is 2.26. The molecule has 0 aliphatic carbocycles. The van der Waals surface area contributed by atoms with Gasteiger partial charge in [-0.2, -0.15) is 10.2 Å². The first-order valence-corrected chi connectivity index (χ1v) is 4.30. The molecule has 1 aromatic rings. The first-order chi connectivity index (χ1) is 6.38. The summed E-state index contributed by atoms with van der Waals surface area (Å²) in [5.74, 6) is 0. The lowest BCUT2D eigenvalue weighted by molar-refractivity contribution is 1.16. The van der Waals surface area contributed by atoms with Crippen molar-refractivity contribution in [1.29, 1.82) is 0 Å². The minimum atomic E-state index is 0.815. The van der Waals surface area contributed by atoms with E-state index in [4.69, 9.17) is 0 Å². The fraction of sp³-hybridized carbons (Fsp3) is 0.300. The van der Waals surface area contributed by atoms with Crippen LogP contribution in [-0.2, 0) is 0 Å². The van der Waals surface area contributed by atoms with Crippen molar-refractivity contribution in [3.8, 4) is 0 Å². The molecule has 0 radical (unpaired) electrons. The minimum Gasteiger partial charge on any atom is -0.259 e. The van der Waals surface area contributed by atoms with Gasteiger partial charge in [0.2, 0.25) is 0 Å². The molecule has 1 aromatic carbocycles. The number of hydrogen-bond donors (Lipinski definition) is 0. The van der Waals surface area contributed by atoms with Crippen LogP contribution >= 0.6 is 0 Å². The van der Waals surface area contributed by atoms with Crippen LogP contribution in [0.5, 0.6) is 0 Å². The summed E-state index contributed by atoms with van der Waals surface area (Å²) in [5, 5.41) is 7.70. The Morgan fingerprint density at radius 1 is 1.23 bits per heavy atom. The Kier molecular flexibility index (Phi) is 3.82. The Bertz CT molecular complexity index is 316. The largest absolute Gasteiger partial charge is 0.259 e. The zero-order chi connectivity index (χ0) is 9.52. The number of azo groups is 1. The smallest absolute Gasteiger partial charge is 0.111 e. The molecule has 0 unspecified atom stereocenters. The van der Waals surface area contributed by atoms with Gasteiger partial charge in [0, 0.05) is 13.3 Å². The van der Waals surface area contributed by atoms with Crippen LogP contribution in [-0.4, -0.2) is 13.3 Å². The molecule has 68 valence electrons. The lowest BCUT2D eigenvalue weighted by Gasteiger charge is -1.96. The van der Waals surface area contributed by atoms with Gasteiger partial charge >= 0.3 is 0 Å². The second kappa shape index (κ2) is 5.19. The summed E-state index contributed by atoms with van der Waals surface area (Å²) in [6.45, 7) is 2.05. The topological polar surface area (TPSA) is 37.1 Å². The third-order valence-electron chi connectivity index (χ3n) is 1.50. The molecule has 0 heterocycles. The second-order valence-corrected chi connectivity index (χ2v) is 2.51. The average Bonchev–Trinajstić information content (AvgIpc) is 2.17. The van der Waals surface area contributed by atoms with Crippen LogP contribution in [0.15, 0.2) is 39.5 Å². The minimum absolute atomic E-state index is 0.815. The first-order valence-electron chi connectivity index (χ1n) is 4.30. The predicted molar refractivity (Wildman–Crippen MR) is 55.3 cm³/mol. The third-order valence-corrected chi connectivity index (χ3v) is 1.50. The lowest BCUT2D eigenvalue weighted by atomic mass is 10.3. The van der Waals surface area contributed by atoms with Crippen molar-refractivity contribution in [3.63, 3.8) is 0 Å². The summed E-state index contributed by atoms with van der Waals surface area (Å²) in [5.41, 5.74) is 1.68. The second-order valence-electron chi connectivity index (χ2n) is 2.51. The van der Waals surface area contributed by atoms with Gasteiger partial charge in [0.15, 0.2) is 0 Å². The summed E-state index contributed by atoms with van der Waals surface area (Å²) >= 11 is 0. The fourth-order valence-electron chi connectivity index (χ4n) is 0.955. The maximum absolute atomic E-state index is 4.26. The van der Waals surface area contributed by atoms with E-state index in [-0.39, 0.29) is 0 Å². The Labute approximate surface area is 78.2 Å². The molecule has 0 saturated carbocycles. The van der Waals surface area contributed by atoms with Gasteiger partial charge in [-0.25, -0.2) is 0 Å². The van der Waals surface area contributed by atoms with Gasteiger partial charge in [-0.05, 0) is 18.6 Å². The Morgan fingerprint density at radius 2 is 1.92 bits per heavy atom. The van der Waals surface area contributed by atoms with E-state index in [1.807, 2.05) is 37.4 Å². The van der Waals surface area contributed by atoms with E-state index < -0.39 is 0 Å². The number of nitrogens with zero attached hydrogens (tertiary/aromatic N) is 3. The van der Waals surface area contributed by atoms with E-state index in [0.717, 1.165) is 17.8 Å². The summed E-state index contributed by atoms with van der Waals surface area (Å²) in [7, 11) is 1.65. The molecule has 13 heavy (non-hydrogen) atoms.